The third kappa shape index (κ3) is 3.50. The van der Waals surface area contributed by atoms with Gasteiger partial charge in [-0.05, 0) is 56.2 Å². The van der Waals surface area contributed by atoms with E-state index in [1.807, 2.05) is 39.0 Å². The molecule has 2 heterocycles. The number of rotatable bonds is 5. The van der Waals surface area contributed by atoms with Crippen molar-refractivity contribution in [2.24, 2.45) is 0 Å². The van der Waals surface area contributed by atoms with Crippen molar-refractivity contribution in [3.05, 3.63) is 53.1 Å². The van der Waals surface area contributed by atoms with E-state index < -0.39 is 0 Å². The van der Waals surface area contributed by atoms with Crippen LogP contribution in [-0.4, -0.2) is 25.6 Å². The first-order chi connectivity index (χ1) is 13.1. The number of hydrogen-bond acceptors (Lipinski definition) is 5. The fourth-order valence-corrected chi connectivity index (χ4v) is 4.54. The number of aryl methyl sites for hydroxylation is 1. The van der Waals surface area contributed by atoms with Crippen LogP contribution in [0.2, 0.25) is 0 Å². The number of aldehydes is 1. The van der Waals surface area contributed by atoms with E-state index >= 15 is 0 Å². The molecule has 0 unspecified atom stereocenters. The molecule has 0 atom stereocenters. The smallest absolute Gasteiger partial charge is 0.184 e. The Balaban J connectivity index is 1.81. The molecule has 1 aliphatic rings. The summed E-state index contributed by atoms with van der Waals surface area (Å²) in [6.07, 6.45) is 0.725. The van der Waals surface area contributed by atoms with Crippen LogP contribution in [0.1, 0.15) is 41.6 Å². The van der Waals surface area contributed by atoms with Gasteiger partial charge in [-0.15, -0.1) is 11.3 Å². The van der Waals surface area contributed by atoms with Crippen LogP contribution < -0.4 is 4.74 Å². The predicted octanol–water partition coefficient (Wildman–Crippen LogP) is 5.52. The van der Waals surface area contributed by atoms with Gasteiger partial charge in [-0.2, -0.15) is 0 Å². The van der Waals surface area contributed by atoms with Crippen molar-refractivity contribution in [1.82, 2.24) is 0 Å². The molecule has 0 saturated carbocycles. The van der Waals surface area contributed by atoms with Gasteiger partial charge in [0.2, 0.25) is 0 Å². The minimum Gasteiger partial charge on any atom is -0.491 e. The van der Waals surface area contributed by atoms with Crippen LogP contribution in [-0.2, 0) is 9.47 Å². The molecule has 5 heteroatoms. The SMILES string of the molecule is Cc1ccc(-c2sc3cc(OC(C)C)ccc3c2C=O)cc1C1OCCO1. The van der Waals surface area contributed by atoms with Gasteiger partial charge in [-0.1, -0.05) is 12.1 Å². The summed E-state index contributed by atoms with van der Waals surface area (Å²) in [5.74, 6) is 0.820. The van der Waals surface area contributed by atoms with Crippen LogP contribution in [0.4, 0.5) is 0 Å². The molecule has 0 bridgehead atoms. The first-order valence-corrected chi connectivity index (χ1v) is 9.91. The third-order valence-corrected chi connectivity index (χ3v) is 5.82. The molecule has 27 heavy (non-hydrogen) atoms. The minimum absolute atomic E-state index is 0.110. The Labute approximate surface area is 162 Å². The Morgan fingerprint density at radius 1 is 1.15 bits per heavy atom. The first kappa shape index (κ1) is 18.2. The maximum atomic E-state index is 11.9. The molecule has 1 aromatic heterocycles. The topological polar surface area (TPSA) is 44.8 Å². The Morgan fingerprint density at radius 2 is 1.93 bits per heavy atom. The van der Waals surface area contributed by atoms with Gasteiger partial charge < -0.3 is 14.2 Å². The lowest BCUT2D eigenvalue weighted by Gasteiger charge is -2.14. The highest BCUT2D eigenvalue weighted by atomic mass is 32.1. The lowest BCUT2D eigenvalue weighted by molar-refractivity contribution is -0.0445. The summed E-state index contributed by atoms with van der Waals surface area (Å²) >= 11 is 1.61. The van der Waals surface area contributed by atoms with Gasteiger partial charge in [0.15, 0.2) is 12.6 Å². The monoisotopic (exact) mass is 382 g/mol. The molecule has 140 valence electrons. The second kappa shape index (κ2) is 7.43. The van der Waals surface area contributed by atoms with E-state index in [0.717, 1.165) is 43.7 Å². The summed E-state index contributed by atoms with van der Waals surface area (Å²) < 4.78 is 18.2. The Bertz CT molecular complexity index is 983. The summed E-state index contributed by atoms with van der Waals surface area (Å²) in [5, 5.41) is 0.955. The molecule has 1 saturated heterocycles. The van der Waals surface area contributed by atoms with E-state index in [-0.39, 0.29) is 12.4 Å². The van der Waals surface area contributed by atoms with Gasteiger partial charge in [0.1, 0.15) is 5.75 Å². The number of fused-ring (bicyclic) bond motifs is 1. The van der Waals surface area contributed by atoms with Crippen LogP contribution in [0.25, 0.3) is 20.5 Å². The van der Waals surface area contributed by atoms with Gasteiger partial charge in [-0.25, -0.2) is 0 Å². The van der Waals surface area contributed by atoms with E-state index in [1.54, 1.807) is 11.3 Å². The zero-order chi connectivity index (χ0) is 19.0. The molecule has 1 fully saturated rings. The normalized spacial score (nSPS) is 15.0. The molecule has 0 radical (unpaired) electrons. The van der Waals surface area contributed by atoms with Gasteiger partial charge in [-0.3, -0.25) is 4.79 Å². The van der Waals surface area contributed by atoms with Crippen molar-refractivity contribution in [2.45, 2.75) is 33.2 Å². The largest absolute Gasteiger partial charge is 0.491 e. The second-order valence-electron chi connectivity index (χ2n) is 6.93. The minimum atomic E-state index is -0.329. The van der Waals surface area contributed by atoms with Crippen molar-refractivity contribution in [3.63, 3.8) is 0 Å². The molecular formula is C22H22O4S. The van der Waals surface area contributed by atoms with E-state index in [0.29, 0.717) is 18.8 Å². The highest BCUT2D eigenvalue weighted by Crippen LogP contribution is 2.41. The number of carbonyl (C=O) groups excluding carboxylic acids is 1. The van der Waals surface area contributed by atoms with E-state index in [1.165, 1.54) is 0 Å². The third-order valence-electron chi connectivity index (χ3n) is 4.61. The molecule has 4 rings (SSSR count). The van der Waals surface area contributed by atoms with Crippen LogP contribution >= 0.6 is 11.3 Å². The van der Waals surface area contributed by atoms with Crippen LogP contribution in [0.15, 0.2) is 36.4 Å². The number of thiophene rings is 1. The molecule has 2 aromatic carbocycles. The number of ether oxygens (including phenoxy) is 3. The van der Waals surface area contributed by atoms with E-state index in [9.17, 15) is 4.79 Å². The van der Waals surface area contributed by atoms with E-state index in [2.05, 4.69) is 18.2 Å². The molecule has 0 amide bonds. The predicted molar refractivity (Wildman–Crippen MR) is 108 cm³/mol. The average Bonchev–Trinajstić information content (AvgIpc) is 3.28. The molecule has 0 spiro atoms. The van der Waals surface area contributed by atoms with Crippen LogP contribution in [0.3, 0.4) is 0 Å². The van der Waals surface area contributed by atoms with Gasteiger partial charge >= 0.3 is 0 Å². The highest BCUT2D eigenvalue weighted by Gasteiger charge is 2.22. The lowest BCUT2D eigenvalue weighted by atomic mass is 10.0. The summed E-state index contributed by atoms with van der Waals surface area (Å²) in [4.78, 5) is 12.8. The fourth-order valence-electron chi connectivity index (χ4n) is 3.35. The van der Waals surface area contributed by atoms with Crippen molar-refractivity contribution >= 4 is 27.7 Å². The zero-order valence-electron chi connectivity index (χ0n) is 15.7. The Kier molecular flexibility index (Phi) is 5.00. The van der Waals surface area contributed by atoms with Gasteiger partial charge in [0.25, 0.3) is 0 Å². The van der Waals surface area contributed by atoms with Gasteiger partial charge in [0, 0.05) is 26.1 Å². The van der Waals surface area contributed by atoms with Crippen molar-refractivity contribution < 1.29 is 19.0 Å². The lowest BCUT2D eigenvalue weighted by Crippen LogP contribution is -2.04. The Morgan fingerprint density at radius 3 is 2.63 bits per heavy atom. The first-order valence-electron chi connectivity index (χ1n) is 9.09. The number of benzene rings is 2. The maximum absolute atomic E-state index is 11.9. The maximum Gasteiger partial charge on any atom is 0.184 e. The Hall–Kier alpha value is -2.21. The molecule has 0 aliphatic carbocycles. The summed E-state index contributed by atoms with van der Waals surface area (Å²) in [6, 6.07) is 12.1. The highest BCUT2D eigenvalue weighted by molar-refractivity contribution is 7.22. The van der Waals surface area contributed by atoms with Crippen molar-refractivity contribution in [1.29, 1.82) is 0 Å². The van der Waals surface area contributed by atoms with Crippen LogP contribution in [0.5, 0.6) is 5.75 Å². The molecule has 4 nitrogen and oxygen atoms in total. The fraction of sp³-hybridized carbons (Fsp3) is 0.318. The summed E-state index contributed by atoms with van der Waals surface area (Å²) in [7, 11) is 0. The van der Waals surface area contributed by atoms with Crippen molar-refractivity contribution in [3.8, 4) is 16.2 Å². The summed E-state index contributed by atoms with van der Waals surface area (Å²) in [6.45, 7) is 7.26. The molecular weight excluding hydrogens is 360 g/mol. The number of hydrogen-bond donors (Lipinski definition) is 0. The summed E-state index contributed by atoms with van der Waals surface area (Å²) in [5.41, 5.74) is 3.86. The molecule has 3 aromatic rings. The zero-order valence-corrected chi connectivity index (χ0v) is 16.5. The second-order valence-corrected chi connectivity index (χ2v) is 7.98. The average molecular weight is 382 g/mol. The standard InChI is InChI=1S/C22H22O4S/c1-13(2)26-16-6-7-17-19(12-23)21(27-20(17)11-16)15-5-4-14(3)18(10-15)22-24-8-9-25-22/h4-7,10-13,22H,8-9H2,1-3H3. The molecule has 0 N–H and O–H groups in total. The van der Waals surface area contributed by atoms with Crippen LogP contribution in [0, 0.1) is 6.92 Å². The number of carbonyl (C=O) groups is 1. The van der Waals surface area contributed by atoms with Gasteiger partial charge in [0.05, 0.1) is 19.3 Å². The van der Waals surface area contributed by atoms with Crippen molar-refractivity contribution in [2.75, 3.05) is 13.2 Å². The van der Waals surface area contributed by atoms with E-state index in [4.69, 9.17) is 14.2 Å². The molecule has 1 aliphatic heterocycles. The quantitative estimate of drug-likeness (QED) is 0.545.